The van der Waals surface area contributed by atoms with E-state index >= 15 is 0 Å². The third-order valence-corrected chi connectivity index (χ3v) is 2.08. The van der Waals surface area contributed by atoms with Gasteiger partial charge in [0.15, 0.2) is 0 Å². The molecule has 0 rings (SSSR count). The normalized spacial score (nSPS) is 12.8. The number of rotatable bonds is 6. The summed E-state index contributed by atoms with van der Waals surface area (Å²) in [5.74, 6) is 0.653. The van der Waals surface area contributed by atoms with E-state index in [4.69, 9.17) is 0 Å². The van der Waals surface area contributed by atoms with Gasteiger partial charge < -0.3 is 0 Å². The van der Waals surface area contributed by atoms with Crippen LogP contribution in [0.25, 0.3) is 0 Å². The molecule has 0 aromatic heterocycles. The van der Waals surface area contributed by atoms with Crippen LogP contribution in [0, 0.1) is 5.92 Å². The van der Waals surface area contributed by atoms with Crippen molar-refractivity contribution in [2.45, 2.75) is 53.9 Å². The molecule has 0 aliphatic heterocycles. The first kappa shape index (κ1) is 15.9. The van der Waals surface area contributed by atoms with Gasteiger partial charge in [-0.2, -0.15) is 0 Å². The molecule has 1 unspecified atom stereocenters. The van der Waals surface area contributed by atoms with Gasteiger partial charge in [0.2, 0.25) is 0 Å². The van der Waals surface area contributed by atoms with Crippen LogP contribution in [0.15, 0.2) is 17.6 Å². The van der Waals surface area contributed by atoms with Crippen molar-refractivity contribution in [3.05, 3.63) is 12.7 Å². The van der Waals surface area contributed by atoms with Crippen LogP contribution in [-0.2, 0) is 0 Å². The number of aliphatic imine (C=N–C) groups is 1. The maximum absolute atomic E-state index is 4.48. The van der Waals surface area contributed by atoms with Gasteiger partial charge in [-0.15, -0.1) is 6.58 Å². The Hall–Kier alpha value is -0.590. The molecule has 0 aromatic rings. The van der Waals surface area contributed by atoms with E-state index in [9.17, 15) is 0 Å². The van der Waals surface area contributed by atoms with E-state index in [1.165, 1.54) is 18.6 Å². The topological polar surface area (TPSA) is 12.4 Å². The second-order valence-electron chi connectivity index (χ2n) is 3.16. The maximum Gasteiger partial charge on any atom is 0.0567 e. The quantitative estimate of drug-likeness (QED) is 0.439. The summed E-state index contributed by atoms with van der Waals surface area (Å²) < 4.78 is 0. The average molecular weight is 197 g/mol. The molecule has 0 saturated heterocycles. The summed E-state index contributed by atoms with van der Waals surface area (Å²) >= 11 is 0. The van der Waals surface area contributed by atoms with Gasteiger partial charge in [0.25, 0.3) is 0 Å². The Bertz CT molecular complexity index is 147. The van der Waals surface area contributed by atoms with E-state index in [0.717, 1.165) is 13.0 Å². The molecule has 1 nitrogen and oxygen atoms in total. The standard InChI is InChI=1S/C11H21N.C2H6/c1-5-8-10(4)11(7-3)12-9-6-2;1-2/h6,10H,2,5,7-9H2,1,3-4H3;1-2H3. The van der Waals surface area contributed by atoms with Crippen molar-refractivity contribution < 1.29 is 0 Å². The molecule has 0 radical (unpaired) electrons. The monoisotopic (exact) mass is 197 g/mol. The largest absolute Gasteiger partial charge is 0.290 e. The summed E-state index contributed by atoms with van der Waals surface area (Å²) in [5.41, 5.74) is 1.34. The fourth-order valence-electron chi connectivity index (χ4n) is 1.40. The van der Waals surface area contributed by atoms with Crippen LogP contribution in [-0.4, -0.2) is 12.3 Å². The van der Waals surface area contributed by atoms with Crippen LogP contribution in [0.2, 0.25) is 0 Å². The first-order valence-electron chi connectivity index (χ1n) is 5.90. The fraction of sp³-hybridized carbons (Fsp3) is 0.769. The van der Waals surface area contributed by atoms with Crippen LogP contribution in [0.4, 0.5) is 0 Å². The zero-order chi connectivity index (χ0) is 11.4. The predicted octanol–water partition coefficient (Wildman–Crippen LogP) is 4.49. The van der Waals surface area contributed by atoms with Crippen molar-refractivity contribution in [3.63, 3.8) is 0 Å². The van der Waals surface area contributed by atoms with Crippen molar-refractivity contribution in [3.8, 4) is 0 Å². The van der Waals surface area contributed by atoms with Crippen molar-refractivity contribution >= 4 is 5.71 Å². The van der Waals surface area contributed by atoms with Crippen LogP contribution >= 0.6 is 0 Å². The van der Waals surface area contributed by atoms with Gasteiger partial charge in [-0.25, -0.2) is 0 Å². The highest BCUT2D eigenvalue weighted by Crippen LogP contribution is 2.10. The van der Waals surface area contributed by atoms with Gasteiger partial charge in [-0.3, -0.25) is 4.99 Å². The first-order valence-corrected chi connectivity index (χ1v) is 5.90. The van der Waals surface area contributed by atoms with Crippen molar-refractivity contribution in [2.24, 2.45) is 10.9 Å². The molecule has 0 heterocycles. The molecule has 0 aliphatic carbocycles. The average Bonchev–Trinajstić information content (AvgIpc) is 2.22. The van der Waals surface area contributed by atoms with Crippen LogP contribution < -0.4 is 0 Å². The third-order valence-electron chi connectivity index (χ3n) is 2.08. The van der Waals surface area contributed by atoms with Crippen molar-refractivity contribution in [1.29, 1.82) is 0 Å². The van der Waals surface area contributed by atoms with Gasteiger partial charge in [0.1, 0.15) is 0 Å². The lowest BCUT2D eigenvalue weighted by atomic mass is 9.98. The summed E-state index contributed by atoms with van der Waals surface area (Å²) in [7, 11) is 0. The highest BCUT2D eigenvalue weighted by molar-refractivity contribution is 5.86. The Morgan fingerprint density at radius 1 is 1.36 bits per heavy atom. The van der Waals surface area contributed by atoms with E-state index in [1.807, 2.05) is 19.9 Å². The van der Waals surface area contributed by atoms with Gasteiger partial charge in [-0.1, -0.05) is 47.1 Å². The molecule has 0 aliphatic rings. The Balaban J connectivity index is 0. The van der Waals surface area contributed by atoms with Crippen LogP contribution in [0.5, 0.6) is 0 Å². The second-order valence-corrected chi connectivity index (χ2v) is 3.16. The summed E-state index contributed by atoms with van der Waals surface area (Å²) in [4.78, 5) is 4.48. The molecular weight excluding hydrogens is 170 g/mol. The highest BCUT2D eigenvalue weighted by Gasteiger charge is 2.05. The lowest BCUT2D eigenvalue weighted by Gasteiger charge is -2.11. The Morgan fingerprint density at radius 3 is 2.29 bits per heavy atom. The number of nitrogens with zero attached hydrogens (tertiary/aromatic N) is 1. The molecule has 84 valence electrons. The summed E-state index contributed by atoms with van der Waals surface area (Å²) in [6, 6.07) is 0. The minimum atomic E-state index is 0.653. The molecule has 0 saturated carbocycles. The molecule has 0 N–H and O–H groups in total. The summed E-state index contributed by atoms with van der Waals surface area (Å²) in [6.45, 7) is 15.1. The molecule has 1 atom stereocenters. The van der Waals surface area contributed by atoms with Gasteiger partial charge in [0, 0.05) is 5.71 Å². The Kier molecular flexibility index (Phi) is 14.1. The van der Waals surface area contributed by atoms with E-state index in [0.29, 0.717) is 5.92 Å². The molecule has 0 fully saturated rings. The van der Waals surface area contributed by atoms with Gasteiger partial charge in [-0.05, 0) is 18.8 Å². The highest BCUT2D eigenvalue weighted by atomic mass is 14.7. The maximum atomic E-state index is 4.48. The Labute approximate surface area is 90.3 Å². The predicted molar refractivity (Wildman–Crippen MR) is 68.2 cm³/mol. The van der Waals surface area contributed by atoms with Crippen LogP contribution in [0.3, 0.4) is 0 Å². The Morgan fingerprint density at radius 2 is 1.93 bits per heavy atom. The minimum absolute atomic E-state index is 0.653. The lowest BCUT2D eigenvalue weighted by molar-refractivity contribution is 0.655. The van der Waals surface area contributed by atoms with E-state index in [-0.39, 0.29) is 0 Å². The first-order chi connectivity index (χ1) is 6.76. The van der Waals surface area contributed by atoms with Gasteiger partial charge in [0.05, 0.1) is 6.54 Å². The molecule has 0 amide bonds. The van der Waals surface area contributed by atoms with Crippen molar-refractivity contribution in [2.75, 3.05) is 6.54 Å². The fourth-order valence-corrected chi connectivity index (χ4v) is 1.40. The molecule has 0 aromatic carbocycles. The van der Waals surface area contributed by atoms with E-state index in [1.54, 1.807) is 0 Å². The molecule has 1 heteroatoms. The van der Waals surface area contributed by atoms with E-state index in [2.05, 4.69) is 32.3 Å². The molecular formula is C13H27N. The molecule has 14 heavy (non-hydrogen) atoms. The summed E-state index contributed by atoms with van der Waals surface area (Å²) in [6.07, 6.45) is 5.43. The third kappa shape index (κ3) is 8.03. The molecule has 0 spiro atoms. The lowest BCUT2D eigenvalue weighted by Crippen LogP contribution is -2.10. The second kappa shape index (κ2) is 12.4. The van der Waals surface area contributed by atoms with Crippen LogP contribution in [0.1, 0.15) is 53.9 Å². The smallest absolute Gasteiger partial charge is 0.0567 e. The number of hydrogen-bond donors (Lipinski definition) is 0. The summed E-state index contributed by atoms with van der Waals surface area (Å²) in [5, 5.41) is 0. The molecule has 0 bridgehead atoms. The SMILES string of the molecule is C=CCN=C(CC)C(C)CCC.CC. The zero-order valence-electron chi connectivity index (χ0n) is 10.6. The van der Waals surface area contributed by atoms with Crippen molar-refractivity contribution in [1.82, 2.24) is 0 Å². The van der Waals surface area contributed by atoms with E-state index < -0.39 is 0 Å². The minimum Gasteiger partial charge on any atom is -0.290 e. The number of hydrogen-bond acceptors (Lipinski definition) is 1. The van der Waals surface area contributed by atoms with Gasteiger partial charge >= 0.3 is 0 Å². The zero-order valence-corrected chi connectivity index (χ0v) is 10.6.